The van der Waals surface area contributed by atoms with Crippen LogP contribution >= 0.6 is 11.8 Å². The Morgan fingerprint density at radius 3 is 2.52 bits per heavy atom. The number of benzene rings is 1. The number of aryl methyl sites for hydroxylation is 2. The average molecular weight is 324 g/mol. The number of thioether (sulfide) groups is 1. The fourth-order valence-corrected chi connectivity index (χ4v) is 3.29. The summed E-state index contributed by atoms with van der Waals surface area (Å²) >= 11 is 1.71. The van der Waals surface area contributed by atoms with Gasteiger partial charge in [0.1, 0.15) is 5.69 Å². The monoisotopic (exact) mass is 324 g/mol. The van der Waals surface area contributed by atoms with E-state index in [9.17, 15) is 0 Å². The van der Waals surface area contributed by atoms with Crippen LogP contribution in [0.25, 0.3) is 17.2 Å². The summed E-state index contributed by atoms with van der Waals surface area (Å²) in [5, 5.41) is 10.1. The minimum Gasteiger partial charge on any atom is -0.268 e. The smallest absolute Gasteiger partial charge is 0.196 e. The van der Waals surface area contributed by atoms with Gasteiger partial charge in [-0.25, -0.2) is 0 Å². The van der Waals surface area contributed by atoms with E-state index < -0.39 is 0 Å². The van der Waals surface area contributed by atoms with Crippen molar-refractivity contribution in [1.29, 1.82) is 0 Å². The van der Waals surface area contributed by atoms with Gasteiger partial charge in [-0.2, -0.15) is 0 Å². The topological polar surface area (TPSA) is 43.6 Å². The number of nitrogens with zero attached hydrogens (tertiary/aromatic N) is 4. The molecule has 2 heterocycles. The highest BCUT2D eigenvalue weighted by Crippen LogP contribution is 2.30. The van der Waals surface area contributed by atoms with Gasteiger partial charge in [0.15, 0.2) is 11.0 Å². The van der Waals surface area contributed by atoms with Crippen molar-refractivity contribution in [2.75, 3.05) is 0 Å². The van der Waals surface area contributed by atoms with Crippen LogP contribution in [0, 0.1) is 13.8 Å². The van der Waals surface area contributed by atoms with Crippen molar-refractivity contribution < 1.29 is 0 Å². The van der Waals surface area contributed by atoms with E-state index in [4.69, 9.17) is 0 Å². The molecule has 0 amide bonds. The van der Waals surface area contributed by atoms with Gasteiger partial charge >= 0.3 is 0 Å². The summed E-state index contributed by atoms with van der Waals surface area (Å²) in [4.78, 5) is 4.44. The first-order valence-electron chi connectivity index (χ1n) is 7.67. The Hall–Kier alpha value is -2.14. The first kappa shape index (κ1) is 15.7. The molecule has 4 nitrogen and oxygen atoms in total. The summed E-state index contributed by atoms with van der Waals surface area (Å²) in [6.07, 6.45) is 1.78. The van der Waals surface area contributed by atoms with Gasteiger partial charge in [0.25, 0.3) is 0 Å². The molecule has 1 aromatic carbocycles. The zero-order valence-electron chi connectivity index (χ0n) is 13.8. The molecule has 0 spiro atoms. The van der Waals surface area contributed by atoms with Gasteiger partial charge in [-0.15, -0.1) is 10.2 Å². The Morgan fingerprint density at radius 1 is 1.04 bits per heavy atom. The fourth-order valence-electron chi connectivity index (χ4n) is 2.49. The highest BCUT2D eigenvalue weighted by molar-refractivity contribution is 7.99. The molecule has 0 aliphatic heterocycles. The first-order valence-corrected chi connectivity index (χ1v) is 8.55. The first-order chi connectivity index (χ1) is 11.1. The lowest BCUT2D eigenvalue weighted by Crippen LogP contribution is -2.04. The highest BCUT2D eigenvalue weighted by atomic mass is 32.2. The molecule has 0 N–H and O–H groups in total. The molecule has 0 bridgehead atoms. The third-order valence-electron chi connectivity index (χ3n) is 3.46. The molecule has 0 atom stereocenters. The third kappa shape index (κ3) is 3.29. The lowest BCUT2D eigenvalue weighted by atomic mass is 10.1. The van der Waals surface area contributed by atoms with Crippen LogP contribution in [0.15, 0.2) is 47.8 Å². The largest absolute Gasteiger partial charge is 0.268 e. The predicted octanol–water partition coefficient (Wildman–Crippen LogP) is 4.45. The lowest BCUT2D eigenvalue weighted by molar-refractivity contribution is 0.872. The Balaban J connectivity index is 2.21. The molecule has 118 valence electrons. The second kappa shape index (κ2) is 6.54. The molecule has 0 saturated carbocycles. The number of hydrogen-bond donors (Lipinski definition) is 0. The molecule has 2 aromatic heterocycles. The zero-order valence-corrected chi connectivity index (χ0v) is 14.6. The van der Waals surface area contributed by atoms with Gasteiger partial charge in [-0.3, -0.25) is 9.55 Å². The molecule has 3 aromatic rings. The van der Waals surface area contributed by atoms with Crippen LogP contribution in [0.2, 0.25) is 0 Å². The van der Waals surface area contributed by atoms with E-state index in [0.717, 1.165) is 22.4 Å². The van der Waals surface area contributed by atoms with Crippen molar-refractivity contribution in [3.05, 3.63) is 53.7 Å². The maximum absolute atomic E-state index is 4.44. The van der Waals surface area contributed by atoms with E-state index in [-0.39, 0.29) is 0 Å². The number of pyridine rings is 1. The molecular weight excluding hydrogens is 304 g/mol. The van der Waals surface area contributed by atoms with E-state index in [1.807, 2.05) is 18.2 Å². The van der Waals surface area contributed by atoms with Crippen molar-refractivity contribution in [2.45, 2.75) is 38.1 Å². The van der Waals surface area contributed by atoms with Crippen LogP contribution in [-0.2, 0) is 0 Å². The van der Waals surface area contributed by atoms with Gasteiger partial charge in [0.05, 0.1) is 5.69 Å². The van der Waals surface area contributed by atoms with Gasteiger partial charge in [-0.1, -0.05) is 49.4 Å². The Bertz CT molecular complexity index is 809. The molecule has 23 heavy (non-hydrogen) atoms. The van der Waals surface area contributed by atoms with Gasteiger partial charge in [-0.05, 0) is 37.6 Å². The highest BCUT2D eigenvalue weighted by Gasteiger charge is 2.19. The molecule has 3 rings (SSSR count). The second-order valence-corrected chi connectivity index (χ2v) is 7.36. The van der Waals surface area contributed by atoms with Crippen LogP contribution in [0.5, 0.6) is 0 Å². The van der Waals surface area contributed by atoms with Crippen LogP contribution in [0.3, 0.4) is 0 Å². The van der Waals surface area contributed by atoms with Crippen LogP contribution in [0.4, 0.5) is 0 Å². The molecular formula is C18H20N4S. The lowest BCUT2D eigenvalue weighted by Gasteiger charge is -2.14. The molecule has 0 aliphatic carbocycles. The Morgan fingerprint density at radius 2 is 1.87 bits per heavy atom. The fraction of sp³-hybridized carbons (Fsp3) is 0.278. The van der Waals surface area contributed by atoms with Gasteiger partial charge in [0, 0.05) is 11.4 Å². The summed E-state index contributed by atoms with van der Waals surface area (Å²) in [5.74, 6) is 0.778. The Labute approximate surface area is 141 Å². The van der Waals surface area contributed by atoms with E-state index in [1.165, 1.54) is 11.1 Å². The molecule has 0 saturated heterocycles. The maximum atomic E-state index is 4.44. The summed E-state index contributed by atoms with van der Waals surface area (Å²) < 4.78 is 2.11. The number of hydrogen-bond acceptors (Lipinski definition) is 4. The normalized spacial score (nSPS) is 11.2. The maximum Gasteiger partial charge on any atom is 0.196 e. The standard InChI is InChI=1S/C18H20N4S/c1-12(2)23-18-21-20-17(15-7-5-6-10-19-15)22(18)16-9-8-13(3)11-14(16)4/h5-12H,1-4H3. The van der Waals surface area contributed by atoms with Crippen molar-refractivity contribution in [2.24, 2.45) is 0 Å². The second-order valence-electron chi connectivity index (χ2n) is 5.81. The number of rotatable bonds is 4. The molecule has 0 aliphatic rings. The third-order valence-corrected chi connectivity index (χ3v) is 4.41. The van der Waals surface area contributed by atoms with Crippen molar-refractivity contribution in [3.63, 3.8) is 0 Å². The Kier molecular flexibility index (Phi) is 4.48. The molecule has 0 unspecified atom stereocenters. The minimum absolute atomic E-state index is 0.431. The van der Waals surface area contributed by atoms with Gasteiger partial charge in [0.2, 0.25) is 0 Å². The van der Waals surface area contributed by atoms with Gasteiger partial charge < -0.3 is 0 Å². The predicted molar refractivity (Wildman–Crippen MR) is 95.1 cm³/mol. The van der Waals surface area contributed by atoms with Crippen LogP contribution in [-0.4, -0.2) is 25.0 Å². The summed E-state index contributed by atoms with van der Waals surface area (Å²) in [7, 11) is 0. The molecule has 5 heteroatoms. The molecule has 0 fully saturated rings. The van der Waals surface area contributed by atoms with Crippen LogP contribution < -0.4 is 0 Å². The summed E-state index contributed by atoms with van der Waals surface area (Å²) in [6, 6.07) is 12.3. The summed E-state index contributed by atoms with van der Waals surface area (Å²) in [5.41, 5.74) is 4.38. The van der Waals surface area contributed by atoms with E-state index >= 15 is 0 Å². The van der Waals surface area contributed by atoms with Crippen molar-refractivity contribution in [1.82, 2.24) is 19.7 Å². The quantitative estimate of drug-likeness (QED) is 0.665. The minimum atomic E-state index is 0.431. The number of aromatic nitrogens is 4. The van der Waals surface area contributed by atoms with E-state index in [1.54, 1.807) is 18.0 Å². The van der Waals surface area contributed by atoms with Crippen molar-refractivity contribution >= 4 is 11.8 Å². The summed E-state index contributed by atoms with van der Waals surface area (Å²) in [6.45, 7) is 8.54. The van der Waals surface area contributed by atoms with E-state index in [0.29, 0.717) is 5.25 Å². The zero-order chi connectivity index (χ0) is 16.4. The van der Waals surface area contributed by atoms with Crippen molar-refractivity contribution in [3.8, 4) is 17.2 Å². The average Bonchev–Trinajstić information content (AvgIpc) is 2.91. The molecule has 0 radical (unpaired) electrons. The SMILES string of the molecule is Cc1ccc(-n2c(SC(C)C)nnc2-c2ccccn2)c(C)c1. The van der Waals surface area contributed by atoms with Crippen LogP contribution in [0.1, 0.15) is 25.0 Å². The van der Waals surface area contributed by atoms with E-state index in [2.05, 4.69) is 65.6 Å².